The summed E-state index contributed by atoms with van der Waals surface area (Å²) in [5.74, 6) is 1.76. The molecular weight excluding hydrogens is 272 g/mol. The summed E-state index contributed by atoms with van der Waals surface area (Å²) in [7, 11) is 0. The predicted octanol–water partition coefficient (Wildman–Crippen LogP) is 2.47. The minimum atomic E-state index is 0. The van der Waals surface area contributed by atoms with Gasteiger partial charge in [-0.15, -0.1) is 12.4 Å². The Morgan fingerprint density at radius 1 is 1.15 bits per heavy atom. The van der Waals surface area contributed by atoms with E-state index in [2.05, 4.69) is 11.8 Å². The molecule has 0 radical (unpaired) electrons. The molecular formula is C15H25ClN4. The van der Waals surface area contributed by atoms with Crippen LogP contribution in [-0.2, 0) is 19.4 Å². The number of hydrogen-bond donors (Lipinski definition) is 1. The number of anilines is 1. The van der Waals surface area contributed by atoms with E-state index in [4.69, 9.17) is 15.7 Å². The molecule has 1 saturated heterocycles. The second kappa shape index (κ2) is 6.72. The van der Waals surface area contributed by atoms with Gasteiger partial charge in [0.25, 0.3) is 0 Å². The largest absolute Gasteiger partial charge is 0.341 e. The molecule has 112 valence electrons. The standard InChI is InChI=1S/C15H24N4.ClH/c1-11-6-8-19(9-7-11)15-17-13-5-3-2-4-12(13)14(10-16)18-15;/h11H,2-10,16H2,1H3;1H. The zero-order valence-corrected chi connectivity index (χ0v) is 13.1. The number of nitrogens with two attached hydrogens (primary N) is 1. The fourth-order valence-electron chi connectivity index (χ4n) is 3.18. The molecule has 2 N–H and O–H groups in total. The minimum absolute atomic E-state index is 0. The predicted molar refractivity (Wildman–Crippen MR) is 84.4 cm³/mol. The van der Waals surface area contributed by atoms with Gasteiger partial charge >= 0.3 is 0 Å². The number of nitrogens with zero attached hydrogens (tertiary/aromatic N) is 3. The number of halogens is 1. The van der Waals surface area contributed by atoms with Crippen molar-refractivity contribution in [1.82, 2.24) is 9.97 Å². The molecule has 0 amide bonds. The van der Waals surface area contributed by atoms with Crippen molar-refractivity contribution >= 4 is 18.4 Å². The second-order valence-corrected chi connectivity index (χ2v) is 5.98. The highest BCUT2D eigenvalue weighted by Crippen LogP contribution is 2.26. The van der Waals surface area contributed by atoms with Gasteiger partial charge in [0, 0.05) is 25.3 Å². The summed E-state index contributed by atoms with van der Waals surface area (Å²) < 4.78 is 0. The lowest BCUT2D eigenvalue weighted by molar-refractivity contribution is 0.433. The quantitative estimate of drug-likeness (QED) is 0.911. The van der Waals surface area contributed by atoms with E-state index in [9.17, 15) is 0 Å². The van der Waals surface area contributed by atoms with Gasteiger partial charge < -0.3 is 10.6 Å². The van der Waals surface area contributed by atoms with Crippen molar-refractivity contribution in [3.8, 4) is 0 Å². The van der Waals surface area contributed by atoms with Gasteiger partial charge in [-0.1, -0.05) is 6.92 Å². The lowest BCUT2D eigenvalue weighted by Gasteiger charge is -2.31. The summed E-state index contributed by atoms with van der Waals surface area (Å²) in [6.07, 6.45) is 7.21. The van der Waals surface area contributed by atoms with Crippen molar-refractivity contribution in [2.24, 2.45) is 11.7 Å². The number of piperidine rings is 1. The highest BCUT2D eigenvalue weighted by molar-refractivity contribution is 5.85. The Kier molecular flexibility index (Phi) is 5.22. The summed E-state index contributed by atoms with van der Waals surface area (Å²) in [4.78, 5) is 11.9. The van der Waals surface area contributed by atoms with Crippen LogP contribution in [0.4, 0.5) is 5.95 Å². The van der Waals surface area contributed by atoms with E-state index in [1.807, 2.05) is 0 Å². The Morgan fingerprint density at radius 3 is 2.55 bits per heavy atom. The highest BCUT2D eigenvalue weighted by atomic mass is 35.5. The van der Waals surface area contributed by atoms with E-state index in [0.29, 0.717) is 6.54 Å². The average molecular weight is 297 g/mol. The molecule has 0 unspecified atom stereocenters. The van der Waals surface area contributed by atoms with Crippen molar-refractivity contribution < 1.29 is 0 Å². The van der Waals surface area contributed by atoms with Crippen LogP contribution in [-0.4, -0.2) is 23.1 Å². The maximum absolute atomic E-state index is 5.89. The molecule has 20 heavy (non-hydrogen) atoms. The van der Waals surface area contributed by atoms with Crippen molar-refractivity contribution in [3.05, 3.63) is 17.0 Å². The minimum Gasteiger partial charge on any atom is -0.341 e. The van der Waals surface area contributed by atoms with Gasteiger partial charge in [0.05, 0.1) is 5.69 Å². The van der Waals surface area contributed by atoms with Crippen LogP contribution in [0.25, 0.3) is 0 Å². The van der Waals surface area contributed by atoms with Gasteiger partial charge in [0.15, 0.2) is 0 Å². The monoisotopic (exact) mass is 296 g/mol. The first-order valence-electron chi connectivity index (χ1n) is 7.61. The SMILES string of the molecule is CC1CCN(c2nc(CN)c3c(n2)CCCC3)CC1.Cl. The van der Waals surface area contributed by atoms with Crippen LogP contribution in [0.5, 0.6) is 0 Å². The van der Waals surface area contributed by atoms with Crippen LogP contribution in [0.15, 0.2) is 0 Å². The topological polar surface area (TPSA) is 55.0 Å². The van der Waals surface area contributed by atoms with E-state index >= 15 is 0 Å². The van der Waals surface area contributed by atoms with Crippen molar-refractivity contribution in [2.45, 2.75) is 52.0 Å². The molecule has 0 saturated carbocycles. The summed E-state index contributed by atoms with van der Waals surface area (Å²) >= 11 is 0. The Morgan fingerprint density at radius 2 is 1.85 bits per heavy atom. The lowest BCUT2D eigenvalue weighted by Crippen LogP contribution is -2.35. The van der Waals surface area contributed by atoms with Gasteiger partial charge in [-0.3, -0.25) is 0 Å². The molecule has 0 atom stereocenters. The Labute approximate surface area is 127 Å². The number of aromatic nitrogens is 2. The molecule has 1 aliphatic heterocycles. The van der Waals surface area contributed by atoms with E-state index < -0.39 is 0 Å². The second-order valence-electron chi connectivity index (χ2n) is 5.98. The van der Waals surface area contributed by atoms with Crippen molar-refractivity contribution in [1.29, 1.82) is 0 Å². The van der Waals surface area contributed by atoms with E-state index in [-0.39, 0.29) is 12.4 Å². The molecule has 0 bridgehead atoms. The summed E-state index contributed by atoms with van der Waals surface area (Å²) in [5, 5.41) is 0. The zero-order valence-electron chi connectivity index (χ0n) is 12.3. The van der Waals surface area contributed by atoms with Crippen LogP contribution < -0.4 is 10.6 Å². The fourth-order valence-corrected chi connectivity index (χ4v) is 3.18. The molecule has 0 aromatic carbocycles. The molecule has 1 aromatic rings. The molecule has 1 aliphatic carbocycles. The van der Waals surface area contributed by atoms with E-state index in [0.717, 1.165) is 43.5 Å². The smallest absolute Gasteiger partial charge is 0.225 e. The molecule has 2 heterocycles. The summed E-state index contributed by atoms with van der Waals surface area (Å²) in [5.41, 5.74) is 9.56. The highest BCUT2D eigenvalue weighted by Gasteiger charge is 2.22. The maximum atomic E-state index is 5.89. The molecule has 3 rings (SSSR count). The number of fused-ring (bicyclic) bond motifs is 1. The third-order valence-corrected chi connectivity index (χ3v) is 4.52. The first-order chi connectivity index (χ1) is 9.28. The van der Waals surface area contributed by atoms with Gasteiger partial charge in [0.1, 0.15) is 0 Å². The number of rotatable bonds is 2. The number of aryl methyl sites for hydroxylation is 1. The van der Waals surface area contributed by atoms with Crippen LogP contribution in [0.3, 0.4) is 0 Å². The summed E-state index contributed by atoms with van der Waals surface area (Å²) in [6, 6.07) is 0. The molecule has 0 spiro atoms. The maximum Gasteiger partial charge on any atom is 0.225 e. The average Bonchev–Trinajstić information content (AvgIpc) is 2.47. The third-order valence-electron chi connectivity index (χ3n) is 4.52. The van der Waals surface area contributed by atoms with Crippen LogP contribution >= 0.6 is 12.4 Å². The van der Waals surface area contributed by atoms with Gasteiger partial charge in [-0.05, 0) is 50.0 Å². The first-order valence-corrected chi connectivity index (χ1v) is 7.61. The van der Waals surface area contributed by atoms with Gasteiger partial charge in [0.2, 0.25) is 5.95 Å². The van der Waals surface area contributed by atoms with Crippen LogP contribution in [0.2, 0.25) is 0 Å². The van der Waals surface area contributed by atoms with E-state index in [1.165, 1.54) is 36.9 Å². The lowest BCUT2D eigenvalue weighted by atomic mass is 9.94. The normalized spacial score (nSPS) is 19.4. The van der Waals surface area contributed by atoms with Gasteiger partial charge in [-0.2, -0.15) is 0 Å². The number of hydrogen-bond acceptors (Lipinski definition) is 4. The summed E-state index contributed by atoms with van der Waals surface area (Å²) in [6.45, 7) is 5.05. The zero-order chi connectivity index (χ0) is 13.2. The van der Waals surface area contributed by atoms with E-state index in [1.54, 1.807) is 0 Å². The third kappa shape index (κ3) is 3.07. The molecule has 4 nitrogen and oxygen atoms in total. The molecule has 1 aromatic heterocycles. The van der Waals surface area contributed by atoms with Crippen LogP contribution in [0, 0.1) is 5.92 Å². The molecule has 2 aliphatic rings. The van der Waals surface area contributed by atoms with Crippen LogP contribution in [0.1, 0.15) is 49.6 Å². The Balaban J connectivity index is 0.00000147. The molecule has 5 heteroatoms. The Hall–Kier alpha value is -0.870. The van der Waals surface area contributed by atoms with Crippen molar-refractivity contribution in [3.63, 3.8) is 0 Å². The Bertz CT molecular complexity index is 438. The van der Waals surface area contributed by atoms with Gasteiger partial charge in [-0.25, -0.2) is 9.97 Å². The first kappa shape index (κ1) is 15.5. The fraction of sp³-hybridized carbons (Fsp3) is 0.733. The molecule has 1 fully saturated rings. The van der Waals surface area contributed by atoms with Crippen molar-refractivity contribution in [2.75, 3.05) is 18.0 Å².